The van der Waals surface area contributed by atoms with Crippen molar-refractivity contribution < 1.29 is 13.9 Å². The fraction of sp³-hybridized carbons (Fsp3) is 0.250. The van der Waals surface area contributed by atoms with Crippen LogP contribution in [0, 0.1) is 5.82 Å². The predicted octanol–water partition coefficient (Wildman–Crippen LogP) is 4.47. The minimum Gasteiger partial charge on any atom is -0.445 e. The molecular formula is C24H22ClFN6O2. The highest BCUT2D eigenvalue weighted by Gasteiger charge is 2.24. The number of carbonyl (C=O) groups is 1. The van der Waals surface area contributed by atoms with Crippen LogP contribution in [-0.4, -0.2) is 45.2 Å². The number of primary amides is 1. The first kappa shape index (κ1) is 22.1. The molecule has 0 radical (unpaired) electrons. The number of anilines is 1. The Kier molecular flexibility index (Phi) is 6.02. The number of imidazole rings is 1. The molecule has 4 heterocycles. The van der Waals surface area contributed by atoms with Crippen molar-refractivity contribution in [3.05, 3.63) is 70.9 Å². The molecule has 1 atom stereocenters. The number of nitrogens with two attached hydrogens (primary N) is 1. The molecule has 3 aromatic heterocycles. The van der Waals surface area contributed by atoms with Crippen LogP contribution in [0.4, 0.5) is 15.0 Å². The summed E-state index contributed by atoms with van der Waals surface area (Å²) in [5, 5.41) is 0.466. The molecule has 3 N–H and O–H groups in total. The van der Waals surface area contributed by atoms with Crippen LogP contribution in [0.15, 0.2) is 48.7 Å². The number of rotatable bonds is 5. The van der Waals surface area contributed by atoms with Gasteiger partial charge in [0.05, 0.1) is 22.8 Å². The monoisotopic (exact) mass is 480 g/mol. The number of piperidine rings is 1. The number of aromatic amines is 1. The number of benzene rings is 1. The van der Waals surface area contributed by atoms with E-state index in [2.05, 4.69) is 15.0 Å². The van der Waals surface area contributed by atoms with Crippen LogP contribution in [0.1, 0.15) is 24.2 Å². The lowest BCUT2D eigenvalue weighted by atomic mass is 10.1. The third-order valence-electron chi connectivity index (χ3n) is 5.76. The molecule has 0 aliphatic carbocycles. The summed E-state index contributed by atoms with van der Waals surface area (Å²) >= 11 is 6.48. The summed E-state index contributed by atoms with van der Waals surface area (Å²) in [6, 6.07) is 12.1. The average molecular weight is 481 g/mol. The van der Waals surface area contributed by atoms with Gasteiger partial charge >= 0.3 is 6.09 Å². The van der Waals surface area contributed by atoms with Gasteiger partial charge in [0.2, 0.25) is 0 Å². The van der Waals surface area contributed by atoms with Crippen LogP contribution in [0.3, 0.4) is 0 Å². The summed E-state index contributed by atoms with van der Waals surface area (Å²) in [7, 11) is 0. The fourth-order valence-corrected chi connectivity index (χ4v) is 4.42. The Hall–Kier alpha value is -3.72. The zero-order valence-corrected chi connectivity index (χ0v) is 18.9. The normalized spacial score (nSPS) is 16.1. The van der Waals surface area contributed by atoms with E-state index in [1.54, 1.807) is 12.3 Å². The first-order valence-electron chi connectivity index (χ1n) is 10.9. The SMILES string of the molecule is NC(=O)OC1CCCN(c2cc(-c3ccc4[nH]c(Cc5cccc(F)c5)nc4n3)c(Cl)cn2)C1. The topological polar surface area (TPSA) is 110 Å². The molecule has 1 saturated heterocycles. The van der Waals surface area contributed by atoms with E-state index in [9.17, 15) is 9.18 Å². The van der Waals surface area contributed by atoms with Crippen LogP contribution < -0.4 is 10.6 Å². The van der Waals surface area contributed by atoms with Gasteiger partial charge in [-0.1, -0.05) is 23.7 Å². The highest BCUT2D eigenvalue weighted by molar-refractivity contribution is 6.33. The van der Waals surface area contributed by atoms with Crippen molar-refractivity contribution >= 4 is 34.7 Å². The first-order valence-corrected chi connectivity index (χ1v) is 11.3. The van der Waals surface area contributed by atoms with Crippen LogP contribution in [0.2, 0.25) is 5.02 Å². The summed E-state index contributed by atoms with van der Waals surface area (Å²) in [5.74, 6) is 1.13. The molecule has 34 heavy (non-hydrogen) atoms. The Bertz CT molecular complexity index is 1360. The molecule has 0 saturated carbocycles. The molecular weight excluding hydrogens is 459 g/mol. The highest BCUT2D eigenvalue weighted by atomic mass is 35.5. The largest absolute Gasteiger partial charge is 0.445 e. The van der Waals surface area contributed by atoms with E-state index >= 15 is 0 Å². The van der Waals surface area contributed by atoms with Gasteiger partial charge in [-0.15, -0.1) is 0 Å². The number of carbonyl (C=O) groups excluding carboxylic acids is 1. The molecule has 1 aliphatic heterocycles. The van der Waals surface area contributed by atoms with Gasteiger partial charge in [0.1, 0.15) is 23.6 Å². The van der Waals surface area contributed by atoms with Gasteiger partial charge < -0.3 is 20.4 Å². The smallest absolute Gasteiger partial charge is 0.404 e. The summed E-state index contributed by atoms with van der Waals surface area (Å²) in [6.45, 7) is 1.29. The number of aromatic nitrogens is 4. The summed E-state index contributed by atoms with van der Waals surface area (Å²) in [4.78, 5) is 30.2. The Labute approximate surface area is 199 Å². The lowest BCUT2D eigenvalue weighted by molar-refractivity contribution is 0.0964. The fourth-order valence-electron chi connectivity index (χ4n) is 4.22. The minimum absolute atomic E-state index is 0.276. The number of amides is 1. The molecule has 1 unspecified atom stereocenters. The zero-order valence-electron chi connectivity index (χ0n) is 18.2. The number of hydrogen-bond donors (Lipinski definition) is 2. The van der Waals surface area contributed by atoms with Gasteiger partial charge in [-0.05, 0) is 48.7 Å². The number of nitrogens with one attached hydrogen (secondary N) is 1. The molecule has 1 amide bonds. The van der Waals surface area contributed by atoms with Crippen molar-refractivity contribution in [3.63, 3.8) is 0 Å². The lowest BCUT2D eigenvalue weighted by Crippen LogP contribution is -2.41. The highest BCUT2D eigenvalue weighted by Crippen LogP contribution is 2.31. The molecule has 8 nitrogen and oxygen atoms in total. The molecule has 0 spiro atoms. The quantitative estimate of drug-likeness (QED) is 0.436. The second-order valence-electron chi connectivity index (χ2n) is 8.23. The third kappa shape index (κ3) is 4.79. The van der Waals surface area contributed by atoms with E-state index in [1.165, 1.54) is 12.1 Å². The van der Waals surface area contributed by atoms with E-state index in [1.807, 2.05) is 29.2 Å². The first-order chi connectivity index (χ1) is 16.4. The second kappa shape index (κ2) is 9.26. The van der Waals surface area contributed by atoms with Crippen molar-refractivity contribution in [1.82, 2.24) is 19.9 Å². The molecule has 5 rings (SSSR count). The predicted molar refractivity (Wildman–Crippen MR) is 127 cm³/mol. The van der Waals surface area contributed by atoms with Crippen LogP contribution >= 0.6 is 11.6 Å². The number of halogens is 2. The van der Waals surface area contributed by atoms with Crippen molar-refractivity contribution in [2.45, 2.75) is 25.4 Å². The van der Waals surface area contributed by atoms with Crippen LogP contribution in [0.25, 0.3) is 22.4 Å². The van der Waals surface area contributed by atoms with Gasteiger partial charge in [0, 0.05) is 24.7 Å². The van der Waals surface area contributed by atoms with Crippen molar-refractivity contribution in [3.8, 4) is 11.3 Å². The van der Waals surface area contributed by atoms with Crippen LogP contribution in [-0.2, 0) is 11.2 Å². The summed E-state index contributed by atoms with van der Waals surface area (Å²) in [5.41, 5.74) is 8.71. The van der Waals surface area contributed by atoms with E-state index in [4.69, 9.17) is 27.1 Å². The molecule has 1 aliphatic rings. The standard InChI is InChI=1S/C24H22ClFN6O2/c25-18-12-28-22(32-8-2-5-16(13-32)34-24(27)33)11-17(18)19-6-7-20-23(30-19)31-21(29-20)10-14-3-1-4-15(26)9-14/h1,3-4,6-7,9,11-12,16H,2,5,8,10,13H2,(H2,27,33)(H,29,30,31). The third-order valence-corrected chi connectivity index (χ3v) is 6.06. The van der Waals surface area contributed by atoms with E-state index < -0.39 is 6.09 Å². The lowest BCUT2D eigenvalue weighted by Gasteiger charge is -2.33. The maximum absolute atomic E-state index is 13.5. The van der Waals surface area contributed by atoms with Crippen molar-refractivity contribution in [2.24, 2.45) is 5.73 Å². The van der Waals surface area contributed by atoms with Crippen molar-refractivity contribution in [2.75, 3.05) is 18.0 Å². The Morgan fingerprint density at radius 2 is 2.15 bits per heavy atom. The minimum atomic E-state index is -0.773. The van der Waals surface area contributed by atoms with Crippen molar-refractivity contribution in [1.29, 1.82) is 0 Å². The maximum atomic E-state index is 13.5. The molecule has 4 aromatic rings. The summed E-state index contributed by atoms with van der Waals surface area (Å²) in [6.07, 6.45) is 2.62. The Balaban J connectivity index is 1.41. The average Bonchev–Trinajstić information content (AvgIpc) is 3.20. The van der Waals surface area contributed by atoms with E-state index in [0.29, 0.717) is 41.0 Å². The number of pyridine rings is 2. The van der Waals surface area contributed by atoms with Gasteiger partial charge in [-0.2, -0.15) is 0 Å². The number of hydrogen-bond acceptors (Lipinski definition) is 6. The zero-order chi connectivity index (χ0) is 23.7. The number of fused-ring (bicyclic) bond motifs is 1. The maximum Gasteiger partial charge on any atom is 0.404 e. The number of ether oxygens (including phenoxy) is 1. The number of nitrogens with zero attached hydrogens (tertiary/aromatic N) is 4. The van der Waals surface area contributed by atoms with Gasteiger partial charge in [0.15, 0.2) is 5.65 Å². The molecule has 0 bridgehead atoms. The van der Waals surface area contributed by atoms with Gasteiger partial charge in [-0.25, -0.2) is 24.1 Å². The second-order valence-corrected chi connectivity index (χ2v) is 8.63. The molecule has 174 valence electrons. The Morgan fingerprint density at radius 3 is 2.97 bits per heavy atom. The summed E-state index contributed by atoms with van der Waals surface area (Å²) < 4.78 is 18.7. The van der Waals surface area contributed by atoms with E-state index in [0.717, 1.165) is 36.0 Å². The van der Waals surface area contributed by atoms with Crippen LogP contribution in [0.5, 0.6) is 0 Å². The van der Waals surface area contributed by atoms with E-state index in [-0.39, 0.29) is 11.9 Å². The van der Waals surface area contributed by atoms with Gasteiger partial charge in [0.25, 0.3) is 0 Å². The Morgan fingerprint density at radius 1 is 1.26 bits per heavy atom. The number of H-pyrrole nitrogens is 1. The molecule has 1 fully saturated rings. The molecule has 10 heteroatoms. The van der Waals surface area contributed by atoms with Gasteiger partial charge in [-0.3, -0.25) is 0 Å². The molecule has 1 aromatic carbocycles.